The van der Waals surface area contributed by atoms with E-state index in [4.69, 9.17) is 4.74 Å². The van der Waals surface area contributed by atoms with Crippen LogP contribution >= 0.6 is 0 Å². The number of ether oxygens (including phenoxy) is 1. The molecule has 2 rings (SSSR count). The Balaban J connectivity index is 1.87. The first-order valence-corrected chi connectivity index (χ1v) is 6.12. The molecule has 18 heavy (non-hydrogen) atoms. The monoisotopic (exact) mass is 246 g/mol. The van der Waals surface area contributed by atoms with Crippen LogP contribution in [0.25, 0.3) is 10.9 Å². The predicted octanol–water partition coefficient (Wildman–Crippen LogP) is 2.32. The molecule has 0 bridgehead atoms. The Morgan fingerprint density at radius 3 is 3.00 bits per heavy atom. The molecule has 0 aliphatic carbocycles. The van der Waals surface area contributed by atoms with Crippen LogP contribution in [-0.4, -0.2) is 24.0 Å². The molecule has 0 aliphatic rings. The second-order valence-electron chi connectivity index (χ2n) is 4.71. The van der Waals surface area contributed by atoms with Crippen LogP contribution in [0.1, 0.15) is 13.8 Å². The van der Waals surface area contributed by atoms with Crippen LogP contribution < -0.4 is 10.1 Å². The second-order valence-corrected chi connectivity index (χ2v) is 4.71. The molecule has 2 aromatic rings. The van der Waals surface area contributed by atoms with E-state index in [0.29, 0.717) is 18.2 Å². The van der Waals surface area contributed by atoms with Crippen molar-refractivity contribution in [1.82, 2.24) is 10.3 Å². The summed E-state index contributed by atoms with van der Waals surface area (Å²) in [5, 5.41) is 3.89. The van der Waals surface area contributed by atoms with Gasteiger partial charge in [-0.1, -0.05) is 13.8 Å². The molecular weight excluding hydrogens is 228 g/mol. The molecule has 0 aliphatic heterocycles. The smallest absolute Gasteiger partial charge is 0.257 e. The van der Waals surface area contributed by atoms with Crippen molar-refractivity contribution in [3.8, 4) is 5.75 Å². The minimum absolute atomic E-state index is 0.0582. The molecule has 0 spiro atoms. The Hall–Kier alpha value is -1.97. The fourth-order valence-corrected chi connectivity index (χ4v) is 1.64. The first-order valence-electron chi connectivity index (χ1n) is 6.12. The topological polar surface area (TPSA) is 54.1 Å². The SMILES string of the molecule is CC(C)CNC(=O)COc1ccc2[nH]ccc2c1. The van der Waals surface area contributed by atoms with E-state index in [9.17, 15) is 4.79 Å². The van der Waals surface area contributed by atoms with Gasteiger partial charge in [0, 0.05) is 23.6 Å². The Morgan fingerprint density at radius 2 is 2.22 bits per heavy atom. The number of nitrogens with one attached hydrogen (secondary N) is 2. The standard InChI is InChI=1S/C14H18N2O2/c1-10(2)8-16-14(17)9-18-12-3-4-13-11(7-12)5-6-15-13/h3-7,10,15H,8-9H2,1-2H3,(H,16,17). The van der Waals surface area contributed by atoms with Crippen molar-refractivity contribution in [3.05, 3.63) is 30.5 Å². The highest BCUT2D eigenvalue weighted by atomic mass is 16.5. The summed E-state index contributed by atoms with van der Waals surface area (Å²) in [5.74, 6) is 1.07. The van der Waals surface area contributed by atoms with E-state index in [-0.39, 0.29) is 12.5 Å². The zero-order chi connectivity index (χ0) is 13.0. The Kier molecular flexibility index (Phi) is 3.87. The molecule has 0 unspecified atom stereocenters. The number of hydrogen-bond donors (Lipinski definition) is 2. The van der Waals surface area contributed by atoms with Gasteiger partial charge in [0.15, 0.2) is 6.61 Å². The van der Waals surface area contributed by atoms with E-state index in [2.05, 4.69) is 24.1 Å². The zero-order valence-corrected chi connectivity index (χ0v) is 10.7. The number of carbonyl (C=O) groups excluding carboxylic acids is 1. The van der Waals surface area contributed by atoms with E-state index < -0.39 is 0 Å². The lowest BCUT2D eigenvalue weighted by molar-refractivity contribution is -0.123. The first kappa shape index (κ1) is 12.5. The number of benzene rings is 1. The minimum Gasteiger partial charge on any atom is -0.484 e. The molecule has 1 heterocycles. The van der Waals surface area contributed by atoms with Crippen molar-refractivity contribution < 1.29 is 9.53 Å². The van der Waals surface area contributed by atoms with Gasteiger partial charge in [0.05, 0.1) is 0 Å². The summed E-state index contributed by atoms with van der Waals surface area (Å²) in [6, 6.07) is 7.69. The van der Waals surface area contributed by atoms with Crippen LogP contribution in [-0.2, 0) is 4.79 Å². The van der Waals surface area contributed by atoms with E-state index in [1.165, 1.54) is 0 Å². The van der Waals surface area contributed by atoms with Gasteiger partial charge in [-0.25, -0.2) is 0 Å². The number of carbonyl (C=O) groups is 1. The third-order valence-corrected chi connectivity index (χ3v) is 2.60. The van der Waals surface area contributed by atoms with Gasteiger partial charge in [0.2, 0.25) is 0 Å². The van der Waals surface area contributed by atoms with E-state index in [1.54, 1.807) is 0 Å². The number of aromatic amines is 1. The van der Waals surface area contributed by atoms with Gasteiger partial charge < -0.3 is 15.0 Å². The molecule has 0 radical (unpaired) electrons. The zero-order valence-electron chi connectivity index (χ0n) is 10.7. The summed E-state index contributed by atoms with van der Waals surface area (Å²) in [6.45, 7) is 4.85. The Labute approximate surface area is 106 Å². The summed E-state index contributed by atoms with van der Waals surface area (Å²) in [6.07, 6.45) is 1.88. The van der Waals surface area contributed by atoms with Gasteiger partial charge in [-0.2, -0.15) is 0 Å². The summed E-state index contributed by atoms with van der Waals surface area (Å²) in [7, 11) is 0. The average molecular weight is 246 g/mol. The lowest BCUT2D eigenvalue weighted by Crippen LogP contribution is -2.31. The lowest BCUT2D eigenvalue weighted by atomic mass is 10.2. The van der Waals surface area contributed by atoms with Crippen LogP contribution in [0, 0.1) is 5.92 Å². The molecule has 1 aromatic carbocycles. The Bertz CT molecular complexity index is 531. The molecule has 2 N–H and O–H groups in total. The van der Waals surface area contributed by atoms with Crippen molar-refractivity contribution in [2.24, 2.45) is 5.92 Å². The summed E-state index contributed by atoms with van der Waals surface area (Å²) in [5.41, 5.74) is 1.06. The molecule has 1 aromatic heterocycles. The number of H-pyrrole nitrogens is 1. The molecule has 0 saturated heterocycles. The third-order valence-electron chi connectivity index (χ3n) is 2.60. The highest BCUT2D eigenvalue weighted by Crippen LogP contribution is 2.19. The van der Waals surface area contributed by atoms with Gasteiger partial charge in [-0.3, -0.25) is 4.79 Å². The number of amides is 1. The van der Waals surface area contributed by atoms with Crippen molar-refractivity contribution in [3.63, 3.8) is 0 Å². The van der Waals surface area contributed by atoms with E-state index >= 15 is 0 Å². The third kappa shape index (κ3) is 3.26. The molecule has 1 amide bonds. The minimum atomic E-state index is -0.0853. The van der Waals surface area contributed by atoms with Crippen molar-refractivity contribution in [1.29, 1.82) is 0 Å². The summed E-state index contributed by atoms with van der Waals surface area (Å²) >= 11 is 0. The van der Waals surface area contributed by atoms with Gasteiger partial charge in [-0.05, 0) is 30.2 Å². The lowest BCUT2D eigenvalue weighted by Gasteiger charge is -2.09. The second kappa shape index (κ2) is 5.58. The van der Waals surface area contributed by atoms with Crippen molar-refractivity contribution in [2.75, 3.05) is 13.2 Å². The van der Waals surface area contributed by atoms with Crippen LogP contribution in [0.3, 0.4) is 0 Å². The maximum atomic E-state index is 11.5. The van der Waals surface area contributed by atoms with Gasteiger partial charge in [0.1, 0.15) is 5.75 Å². The molecule has 4 heteroatoms. The summed E-state index contributed by atoms with van der Waals surface area (Å²) < 4.78 is 5.45. The highest BCUT2D eigenvalue weighted by Gasteiger charge is 2.04. The number of aromatic nitrogens is 1. The fourth-order valence-electron chi connectivity index (χ4n) is 1.64. The number of rotatable bonds is 5. The number of hydrogen-bond acceptors (Lipinski definition) is 2. The number of fused-ring (bicyclic) bond motifs is 1. The molecule has 96 valence electrons. The molecular formula is C14H18N2O2. The largest absolute Gasteiger partial charge is 0.484 e. The fraction of sp³-hybridized carbons (Fsp3) is 0.357. The van der Waals surface area contributed by atoms with E-state index in [1.807, 2.05) is 30.5 Å². The maximum Gasteiger partial charge on any atom is 0.257 e. The van der Waals surface area contributed by atoms with Crippen LogP contribution in [0.2, 0.25) is 0 Å². The Morgan fingerprint density at radius 1 is 1.39 bits per heavy atom. The molecule has 0 fully saturated rings. The van der Waals surface area contributed by atoms with Gasteiger partial charge in [0.25, 0.3) is 5.91 Å². The predicted molar refractivity (Wildman–Crippen MR) is 71.6 cm³/mol. The first-order chi connectivity index (χ1) is 8.65. The maximum absolute atomic E-state index is 11.5. The van der Waals surface area contributed by atoms with Gasteiger partial charge in [-0.15, -0.1) is 0 Å². The van der Waals surface area contributed by atoms with Crippen LogP contribution in [0.5, 0.6) is 5.75 Å². The molecule has 0 saturated carbocycles. The van der Waals surface area contributed by atoms with Gasteiger partial charge >= 0.3 is 0 Å². The molecule has 4 nitrogen and oxygen atoms in total. The van der Waals surface area contributed by atoms with Crippen molar-refractivity contribution >= 4 is 16.8 Å². The molecule has 0 atom stereocenters. The van der Waals surface area contributed by atoms with Crippen molar-refractivity contribution in [2.45, 2.75) is 13.8 Å². The highest BCUT2D eigenvalue weighted by molar-refractivity contribution is 5.81. The normalized spacial score (nSPS) is 10.8. The van der Waals surface area contributed by atoms with E-state index in [0.717, 1.165) is 10.9 Å². The average Bonchev–Trinajstić information content (AvgIpc) is 2.81. The quantitative estimate of drug-likeness (QED) is 0.850. The van der Waals surface area contributed by atoms with Crippen LogP contribution in [0.4, 0.5) is 0 Å². The summed E-state index contributed by atoms with van der Waals surface area (Å²) in [4.78, 5) is 14.6. The van der Waals surface area contributed by atoms with Crippen LogP contribution in [0.15, 0.2) is 30.5 Å².